The van der Waals surface area contributed by atoms with E-state index < -0.39 is 0 Å². The molecule has 0 amide bonds. The van der Waals surface area contributed by atoms with E-state index in [1.165, 1.54) is 53.2 Å². The van der Waals surface area contributed by atoms with Gasteiger partial charge in [-0.05, 0) is 226 Å². The number of fused-ring (bicyclic) bond motifs is 25. The van der Waals surface area contributed by atoms with Crippen LogP contribution < -0.4 is 14.7 Å². The molecule has 0 fully saturated rings. The monoisotopic (exact) mass is 1910 g/mol. The third-order valence-electron chi connectivity index (χ3n) is 29.2. The van der Waals surface area contributed by atoms with Gasteiger partial charge in [-0.15, -0.1) is 11.3 Å². The van der Waals surface area contributed by atoms with Gasteiger partial charge in [-0.3, -0.25) is 0 Å². The number of hydrogen-bond donors (Lipinski definition) is 0. The van der Waals surface area contributed by atoms with E-state index in [0.717, 1.165) is 222 Å². The van der Waals surface area contributed by atoms with Crippen LogP contribution in [0.2, 0.25) is 0 Å². The third kappa shape index (κ3) is 13.9. The first kappa shape index (κ1) is 85.1. The summed E-state index contributed by atoms with van der Waals surface area (Å²) in [6.07, 6.45) is 0. The zero-order valence-electron chi connectivity index (χ0n) is 79.8. The van der Waals surface area contributed by atoms with Gasteiger partial charge in [0.2, 0.25) is 0 Å². The number of rotatable bonds is 15. The highest BCUT2D eigenvalue weighted by Gasteiger charge is 2.32. The van der Waals surface area contributed by atoms with Gasteiger partial charge >= 0.3 is 0 Å². The molecule has 0 atom stereocenters. The van der Waals surface area contributed by atoms with Crippen molar-refractivity contribution in [2.75, 3.05) is 14.7 Å². The van der Waals surface area contributed by atoms with E-state index in [4.69, 9.17) is 22.1 Å². The summed E-state index contributed by atoms with van der Waals surface area (Å²) in [6.45, 7) is 0. The molecule has 148 heavy (non-hydrogen) atoms. The fourth-order valence-corrected chi connectivity index (χ4v) is 23.8. The van der Waals surface area contributed by atoms with Gasteiger partial charge in [0.25, 0.3) is 0 Å². The summed E-state index contributed by atoms with van der Waals surface area (Å²) in [5.74, 6) is 0. The molecule has 0 unspecified atom stereocenters. The van der Waals surface area contributed by atoms with Crippen LogP contribution in [0.5, 0.6) is 0 Å². The van der Waals surface area contributed by atoms with E-state index in [2.05, 4.69) is 520 Å². The lowest BCUT2D eigenvalue weighted by atomic mass is 9.98. The summed E-state index contributed by atoms with van der Waals surface area (Å²) in [6, 6.07) is 184. The smallest absolute Gasteiger partial charge is 0.161 e. The molecule has 12 heteroatoms. The minimum atomic E-state index is 0.814. The summed E-state index contributed by atoms with van der Waals surface area (Å²) in [7, 11) is 0. The summed E-state index contributed by atoms with van der Waals surface area (Å²) in [4.78, 5) is 6.95. The molecule has 9 aromatic heterocycles. The average molecular weight is 1920 g/mol. The number of nitrogens with zero attached hydrogens (tertiary/aromatic N) is 6. The van der Waals surface area contributed by atoms with Crippen molar-refractivity contribution in [2.24, 2.45) is 0 Å². The van der Waals surface area contributed by atoms with E-state index in [-0.39, 0.29) is 0 Å². The number of aromatic nitrogens is 3. The molecule has 22 aromatic carbocycles. The van der Waals surface area contributed by atoms with Gasteiger partial charge in [0.1, 0.15) is 27.7 Å². The fourth-order valence-electron chi connectivity index (χ4n) is 22.6. The molecule has 9 heterocycles. The molecule has 0 saturated carbocycles. The van der Waals surface area contributed by atoms with Crippen molar-refractivity contribution in [3.05, 3.63) is 522 Å². The van der Waals surface area contributed by atoms with Crippen LogP contribution in [-0.4, -0.2) is 13.7 Å². The van der Waals surface area contributed by atoms with Gasteiger partial charge in [0, 0.05) is 103 Å². The highest BCUT2D eigenvalue weighted by atomic mass is 32.1. The Kier molecular flexibility index (Phi) is 20.2. The van der Waals surface area contributed by atoms with Crippen LogP contribution in [0.3, 0.4) is 0 Å². The van der Waals surface area contributed by atoms with Gasteiger partial charge in [-0.2, -0.15) is 0 Å². The first-order valence-electron chi connectivity index (χ1n) is 50.0. The third-order valence-corrected chi connectivity index (χ3v) is 30.4. The van der Waals surface area contributed by atoms with Crippen LogP contribution in [-0.2, 0) is 0 Å². The second-order valence-electron chi connectivity index (χ2n) is 37.5. The molecule has 0 aliphatic heterocycles. The fraction of sp³-hybridized carbons (Fsp3) is 0. The summed E-state index contributed by atoms with van der Waals surface area (Å²) < 4.78 is 43.9. The van der Waals surface area contributed by atoms with Gasteiger partial charge in [0.15, 0.2) is 44.7 Å². The molecule has 0 radical (unpaired) electrons. The van der Waals surface area contributed by atoms with Crippen molar-refractivity contribution in [1.82, 2.24) is 13.7 Å². The molecular formula is C136H86N6O5S. The largest absolute Gasteiger partial charge is 0.454 e. The van der Waals surface area contributed by atoms with Crippen molar-refractivity contribution < 1.29 is 22.1 Å². The maximum absolute atomic E-state index is 7.04. The zero-order valence-corrected chi connectivity index (χ0v) is 80.6. The Bertz CT molecular complexity index is 10200. The number of thiophene rings is 1. The van der Waals surface area contributed by atoms with E-state index in [1.807, 2.05) is 41.7 Å². The minimum Gasteiger partial charge on any atom is -0.454 e. The Labute approximate surface area is 852 Å². The summed E-state index contributed by atoms with van der Waals surface area (Å²) in [5.41, 5.74) is 34.4. The van der Waals surface area contributed by atoms with Crippen molar-refractivity contribution in [1.29, 1.82) is 0 Å². The second kappa shape index (κ2) is 35.2. The average Bonchev–Trinajstić information content (AvgIpc) is 1.56. The summed E-state index contributed by atoms with van der Waals surface area (Å²) in [5, 5.41) is 15.8. The van der Waals surface area contributed by atoms with Gasteiger partial charge in [-0.25, -0.2) is 0 Å². The SMILES string of the molecule is c1ccc(-c2ccc(N(c3cccc4c3oc3c5ccccc5n(-c5ccccc5)c43)c3cccc4c3sc3ccccc34)cc2)cc1.c1ccc(-c2ccc(N(c3cccc4c3oc3ccccc34)c3cccc4c3oc3c5ccccc5n(-c5ccccc5)c43)cc2)cc1.c1ccc(-n2c3ccccc3c3oc4c(N(c5ccc(-c6cccc7ccccc67)cc5)c5cccc6c5oc5ccccc56)cccc4c32)cc1. The number of benzene rings is 22. The van der Waals surface area contributed by atoms with E-state index in [1.54, 1.807) is 0 Å². The Morgan fingerprint density at radius 3 is 0.851 bits per heavy atom. The Morgan fingerprint density at radius 1 is 0.169 bits per heavy atom. The zero-order chi connectivity index (χ0) is 97.4. The number of anilines is 9. The lowest BCUT2D eigenvalue weighted by molar-refractivity contribution is 0.667. The van der Waals surface area contributed by atoms with E-state index in [9.17, 15) is 0 Å². The lowest BCUT2D eigenvalue weighted by Crippen LogP contribution is -2.10. The standard InChI is InChI=1S/C48H30N2O2.C44H28N2O2.C44H28N2OS/c1-2-15-33(16-3-1)50-41-23-8-6-19-39(41)48-45(50)40-22-12-25-43(47(40)52-48)49(42-24-11-21-38-37-18-7-9-26-44(37)51-46(38)42)34-29-27-32(28-30-34)36-20-10-14-31-13-4-5-17-35(31)36;1-3-13-29(14-4-1)30-25-27-32(28-26-30)45(38-22-11-19-34-33-17-8-10-24-40(33)47-42(34)38)39-23-12-20-36-41-44(48-43(36)39)35-18-7-9-21-37(35)46(41)31-15-5-2-6-16-31;1-3-13-29(14-4-1)30-25-27-32(28-26-30)45(39-23-11-19-34-33-17-8-10-24-40(33)48-44(34)39)38-22-12-20-36-41-43(47-42(36)38)35-18-7-9-21-37(35)46(41)31-15-5-2-6-16-31/h1-30H;2*1-28H. The molecule has 31 aromatic rings. The number of furan rings is 5. The maximum atomic E-state index is 7.04. The van der Waals surface area contributed by atoms with Crippen molar-refractivity contribution in [3.63, 3.8) is 0 Å². The van der Waals surface area contributed by atoms with Gasteiger partial charge in [-0.1, -0.05) is 340 Å². The van der Waals surface area contributed by atoms with Crippen molar-refractivity contribution in [2.45, 2.75) is 0 Å². The van der Waals surface area contributed by atoms with Crippen LogP contribution in [0, 0.1) is 0 Å². The number of para-hydroxylation sites is 13. The minimum absolute atomic E-state index is 0.814. The van der Waals surface area contributed by atoms with E-state index >= 15 is 0 Å². The lowest BCUT2D eigenvalue weighted by Gasteiger charge is -2.26. The Morgan fingerprint density at radius 2 is 0.446 bits per heavy atom. The first-order valence-corrected chi connectivity index (χ1v) is 50.8. The highest BCUT2D eigenvalue weighted by molar-refractivity contribution is 7.26. The maximum Gasteiger partial charge on any atom is 0.161 e. The molecule has 0 saturated heterocycles. The van der Waals surface area contributed by atoms with Crippen LogP contribution in [0.25, 0.3) is 224 Å². The molecule has 0 aliphatic carbocycles. The quantitative estimate of drug-likeness (QED) is 0.100. The van der Waals surface area contributed by atoms with Gasteiger partial charge in [0.05, 0.1) is 55.4 Å². The molecule has 11 nitrogen and oxygen atoms in total. The van der Waals surface area contributed by atoms with Crippen LogP contribution in [0.1, 0.15) is 0 Å². The molecular weight excluding hydrogens is 1830 g/mol. The van der Waals surface area contributed by atoms with Crippen molar-refractivity contribution in [3.8, 4) is 50.4 Å². The van der Waals surface area contributed by atoms with E-state index in [0.29, 0.717) is 0 Å². The molecule has 31 rings (SSSR count). The topological polar surface area (TPSA) is 90.2 Å². The Balaban J connectivity index is 0.000000105. The molecule has 0 N–H and O–H groups in total. The van der Waals surface area contributed by atoms with Gasteiger partial charge < -0.3 is 50.5 Å². The first-order chi connectivity index (χ1) is 73.5. The van der Waals surface area contributed by atoms with Crippen LogP contribution in [0.4, 0.5) is 51.2 Å². The predicted octanol–water partition coefficient (Wildman–Crippen LogP) is 39.3. The van der Waals surface area contributed by atoms with Crippen molar-refractivity contribution >= 4 is 236 Å². The van der Waals surface area contributed by atoms with Crippen LogP contribution >= 0.6 is 11.3 Å². The molecule has 0 aliphatic rings. The normalized spacial score (nSPS) is 11.8. The van der Waals surface area contributed by atoms with Crippen LogP contribution in [0.15, 0.2) is 544 Å². The molecule has 0 spiro atoms. The summed E-state index contributed by atoms with van der Waals surface area (Å²) >= 11 is 1.84. The second-order valence-corrected chi connectivity index (χ2v) is 38.6. The Hall–Kier alpha value is -19.7. The molecule has 696 valence electrons. The molecule has 0 bridgehead atoms. The number of hydrogen-bond acceptors (Lipinski definition) is 9. The predicted molar refractivity (Wildman–Crippen MR) is 617 cm³/mol. The highest BCUT2D eigenvalue weighted by Crippen LogP contribution is 2.55.